The Balaban J connectivity index is 1.86. The molecule has 4 fully saturated rings. The summed E-state index contributed by atoms with van der Waals surface area (Å²) in [6.07, 6.45) is 7.94. The summed E-state index contributed by atoms with van der Waals surface area (Å²) in [7, 11) is 0. The average molecular weight is 347 g/mol. The van der Waals surface area contributed by atoms with Crippen LogP contribution in [-0.4, -0.2) is 22.8 Å². The van der Waals surface area contributed by atoms with Crippen LogP contribution in [0.3, 0.4) is 0 Å². The predicted molar refractivity (Wildman–Crippen MR) is 97.9 cm³/mol. The number of esters is 1. The van der Waals surface area contributed by atoms with Gasteiger partial charge in [-0.15, -0.1) is 0 Å². The Hall–Kier alpha value is -0.830. The third-order valence-corrected chi connectivity index (χ3v) is 8.87. The van der Waals surface area contributed by atoms with E-state index in [-0.39, 0.29) is 28.3 Å². The lowest BCUT2D eigenvalue weighted by Crippen LogP contribution is -2.73. The largest absolute Gasteiger partial charge is 0.459 e. The Morgan fingerprint density at radius 3 is 2.64 bits per heavy atom. The van der Waals surface area contributed by atoms with Gasteiger partial charge in [0.2, 0.25) is 0 Å². The second-order valence-electron chi connectivity index (χ2n) is 10.5. The Kier molecular flexibility index (Phi) is 3.60. The number of aliphatic hydroxyl groups is 1. The van der Waals surface area contributed by atoms with Crippen molar-refractivity contribution >= 4 is 5.97 Å². The van der Waals surface area contributed by atoms with E-state index in [9.17, 15) is 9.90 Å². The molecule has 4 aliphatic carbocycles. The fraction of sp³-hybridized carbons (Fsp3) is 0.864. The standard InChI is InChI=1S/C22H34O3/c1-14-12-21-10-7-17-19(3,4)8-6-9-20(17,5)22(21,24)18(25-15(2)23)11-16(14)13-21/h16-18,24H,1,6-13H2,2-5H3/t16-,17-,18+,20+,21-,22+/m1/s1. The van der Waals surface area contributed by atoms with Gasteiger partial charge in [0.1, 0.15) is 11.7 Å². The van der Waals surface area contributed by atoms with E-state index in [4.69, 9.17) is 4.74 Å². The first-order valence-corrected chi connectivity index (χ1v) is 10.1. The van der Waals surface area contributed by atoms with E-state index in [0.717, 1.165) is 38.5 Å². The molecule has 6 atom stereocenters. The van der Waals surface area contributed by atoms with Gasteiger partial charge in [0.05, 0.1) is 0 Å². The van der Waals surface area contributed by atoms with E-state index in [1.807, 2.05) is 0 Å². The summed E-state index contributed by atoms with van der Waals surface area (Å²) in [5.74, 6) is 0.621. The summed E-state index contributed by atoms with van der Waals surface area (Å²) in [6.45, 7) is 12.9. The van der Waals surface area contributed by atoms with E-state index >= 15 is 0 Å². The molecule has 0 aromatic heterocycles. The first-order valence-electron chi connectivity index (χ1n) is 10.1. The molecule has 3 heteroatoms. The van der Waals surface area contributed by atoms with Crippen molar-refractivity contribution in [2.75, 3.05) is 0 Å². The molecular formula is C22H34O3. The minimum Gasteiger partial charge on any atom is -0.459 e. The van der Waals surface area contributed by atoms with E-state index in [1.54, 1.807) is 0 Å². The molecule has 0 aromatic rings. The van der Waals surface area contributed by atoms with Crippen LogP contribution in [0.4, 0.5) is 0 Å². The molecule has 0 heterocycles. The fourth-order valence-corrected chi connectivity index (χ4v) is 7.97. The highest BCUT2D eigenvalue weighted by molar-refractivity contribution is 5.66. The van der Waals surface area contributed by atoms with Crippen LogP contribution in [0.15, 0.2) is 12.2 Å². The number of hydrogen-bond acceptors (Lipinski definition) is 3. The molecule has 3 nitrogen and oxygen atoms in total. The zero-order valence-electron chi connectivity index (χ0n) is 16.4. The summed E-state index contributed by atoms with van der Waals surface area (Å²) < 4.78 is 5.84. The molecule has 0 saturated heterocycles. The highest BCUT2D eigenvalue weighted by Gasteiger charge is 2.74. The number of ether oxygens (including phenoxy) is 1. The molecule has 0 aromatic carbocycles. The predicted octanol–water partition coefficient (Wildman–Crippen LogP) is 4.63. The van der Waals surface area contributed by atoms with Crippen LogP contribution in [0.25, 0.3) is 0 Å². The monoisotopic (exact) mass is 346 g/mol. The van der Waals surface area contributed by atoms with Crippen molar-refractivity contribution in [1.82, 2.24) is 0 Å². The molecule has 0 amide bonds. The summed E-state index contributed by atoms with van der Waals surface area (Å²) in [5, 5.41) is 12.5. The van der Waals surface area contributed by atoms with Crippen molar-refractivity contribution < 1.29 is 14.6 Å². The molecule has 2 bridgehead atoms. The van der Waals surface area contributed by atoms with Crippen LogP contribution in [0.5, 0.6) is 0 Å². The zero-order valence-corrected chi connectivity index (χ0v) is 16.4. The Morgan fingerprint density at radius 2 is 1.96 bits per heavy atom. The van der Waals surface area contributed by atoms with Gasteiger partial charge < -0.3 is 9.84 Å². The third-order valence-electron chi connectivity index (χ3n) is 8.87. The van der Waals surface area contributed by atoms with Crippen LogP contribution < -0.4 is 0 Å². The van der Waals surface area contributed by atoms with Gasteiger partial charge >= 0.3 is 5.97 Å². The van der Waals surface area contributed by atoms with E-state index in [1.165, 1.54) is 25.3 Å². The Morgan fingerprint density at radius 1 is 1.24 bits per heavy atom. The van der Waals surface area contributed by atoms with Crippen molar-refractivity contribution in [3.05, 3.63) is 12.2 Å². The highest BCUT2D eigenvalue weighted by atomic mass is 16.6. The molecule has 0 unspecified atom stereocenters. The second kappa shape index (κ2) is 5.12. The maximum Gasteiger partial charge on any atom is 0.303 e. The number of rotatable bonds is 1. The SMILES string of the molecule is C=C1C[C@@]23CC[C@@H]4C(C)(C)CCC[C@]4(C)[C@@]2(O)[C@@H](OC(C)=O)C[C@@H]1C3. The molecule has 4 rings (SSSR count). The van der Waals surface area contributed by atoms with E-state index in [0.29, 0.717) is 11.8 Å². The van der Waals surface area contributed by atoms with Crippen molar-refractivity contribution in [3.63, 3.8) is 0 Å². The van der Waals surface area contributed by atoms with Crippen molar-refractivity contribution in [1.29, 1.82) is 0 Å². The van der Waals surface area contributed by atoms with Gasteiger partial charge in [0.25, 0.3) is 0 Å². The minimum atomic E-state index is -0.928. The fourth-order valence-electron chi connectivity index (χ4n) is 7.97. The Labute approximate surface area is 152 Å². The van der Waals surface area contributed by atoms with Crippen LogP contribution in [0, 0.1) is 28.1 Å². The van der Waals surface area contributed by atoms with Gasteiger partial charge in [-0.25, -0.2) is 0 Å². The molecule has 1 N–H and O–H groups in total. The smallest absolute Gasteiger partial charge is 0.303 e. The average Bonchev–Trinajstić information content (AvgIpc) is 2.75. The molecule has 0 radical (unpaired) electrons. The third kappa shape index (κ3) is 2.05. The van der Waals surface area contributed by atoms with Gasteiger partial charge in [-0.2, -0.15) is 0 Å². The number of hydrogen-bond donors (Lipinski definition) is 1. The lowest BCUT2D eigenvalue weighted by molar-refractivity contribution is -0.300. The quantitative estimate of drug-likeness (QED) is 0.556. The highest BCUT2D eigenvalue weighted by Crippen LogP contribution is 2.74. The molecule has 4 saturated carbocycles. The van der Waals surface area contributed by atoms with Gasteiger partial charge in [0, 0.05) is 17.8 Å². The second-order valence-corrected chi connectivity index (χ2v) is 10.5. The van der Waals surface area contributed by atoms with Crippen molar-refractivity contribution in [3.8, 4) is 0 Å². The van der Waals surface area contributed by atoms with E-state index < -0.39 is 5.60 Å². The van der Waals surface area contributed by atoms with Crippen molar-refractivity contribution in [2.24, 2.45) is 28.1 Å². The summed E-state index contributed by atoms with van der Waals surface area (Å²) in [4.78, 5) is 11.9. The maximum atomic E-state index is 12.5. The Bertz CT molecular complexity index is 623. The molecule has 0 aliphatic heterocycles. The maximum absolute atomic E-state index is 12.5. The summed E-state index contributed by atoms with van der Waals surface area (Å²) in [6, 6.07) is 0. The minimum absolute atomic E-state index is 0.147. The van der Waals surface area contributed by atoms with Crippen LogP contribution >= 0.6 is 0 Å². The van der Waals surface area contributed by atoms with Crippen LogP contribution in [0.1, 0.15) is 79.1 Å². The van der Waals surface area contributed by atoms with Gasteiger partial charge in [-0.05, 0) is 62.2 Å². The number of carbonyl (C=O) groups excluding carboxylic acids is 1. The van der Waals surface area contributed by atoms with Crippen LogP contribution in [-0.2, 0) is 9.53 Å². The van der Waals surface area contributed by atoms with Gasteiger partial charge in [-0.3, -0.25) is 4.79 Å². The molecule has 140 valence electrons. The number of fused-ring (bicyclic) bond motifs is 3. The molecule has 4 aliphatic rings. The summed E-state index contributed by atoms with van der Waals surface area (Å²) >= 11 is 0. The summed E-state index contributed by atoms with van der Waals surface area (Å²) in [5.41, 5.74) is 0.235. The lowest BCUT2D eigenvalue weighted by Gasteiger charge is -2.69. The molecule has 1 spiro atoms. The first kappa shape index (κ1) is 17.6. The molecule has 25 heavy (non-hydrogen) atoms. The van der Waals surface area contributed by atoms with Gasteiger partial charge in [0.15, 0.2) is 0 Å². The zero-order chi connectivity index (χ0) is 18.3. The van der Waals surface area contributed by atoms with Crippen LogP contribution in [0.2, 0.25) is 0 Å². The van der Waals surface area contributed by atoms with Crippen molar-refractivity contribution in [2.45, 2.75) is 90.8 Å². The normalized spacial score (nSPS) is 50.8. The first-order chi connectivity index (χ1) is 11.6. The lowest BCUT2D eigenvalue weighted by atomic mass is 9.38. The van der Waals surface area contributed by atoms with Gasteiger partial charge in [-0.1, -0.05) is 39.3 Å². The number of carbonyl (C=O) groups is 1. The number of allylic oxidation sites excluding steroid dienone is 1. The van der Waals surface area contributed by atoms with E-state index in [2.05, 4.69) is 27.4 Å². The topological polar surface area (TPSA) is 46.5 Å². The molecular weight excluding hydrogens is 312 g/mol.